The van der Waals surface area contributed by atoms with Gasteiger partial charge in [0.25, 0.3) is 0 Å². The third kappa shape index (κ3) is 5.06. The minimum Gasteiger partial charge on any atom is -0.468 e. The first-order chi connectivity index (χ1) is 9.21. The second-order valence-corrected chi connectivity index (χ2v) is 7.40. The Morgan fingerprint density at radius 2 is 1.90 bits per heavy atom. The molecule has 1 saturated carbocycles. The lowest BCUT2D eigenvalue weighted by Crippen LogP contribution is -2.60. The third-order valence-electron chi connectivity index (χ3n) is 3.70. The molecule has 1 N–H and O–H groups in total. The molecular weight excluding hydrogens is 254 g/mol. The van der Waals surface area contributed by atoms with Crippen molar-refractivity contribution < 1.29 is 14.3 Å². The minimum atomic E-state index is -0.666. The Morgan fingerprint density at radius 1 is 1.30 bits per heavy atom. The van der Waals surface area contributed by atoms with Gasteiger partial charge in [-0.15, -0.1) is 0 Å². The summed E-state index contributed by atoms with van der Waals surface area (Å²) in [6.45, 7) is 11.8. The van der Waals surface area contributed by atoms with Crippen molar-refractivity contribution in [3.8, 4) is 0 Å². The van der Waals surface area contributed by atoms with Crippen LogP contribution in [0.2, 0.25) is 0 Å². The lowest BCUT2D eigenvalue weighted by molar-refractivity contribution is -0.153. The van der Waals surface area contributed by atoms with E-state index in [1.165, 1.54) is 7.11 Å². The zero-order valence-corrected chi connectivity index (χ0v) is 13.9. The Bertz CT molecular complexity index is 318. The molecule has 1 aliphatic rings. The summed E-state index contributed by atoms with van der Waals surface area (Å²) >= 11 is 0. The highest BCUT2D eigenvalue weighted by molar-refractivity contribution is 5.82. The molecule has 1 unspecified atom stereocenters. The van der Waals surface area contributed by atoms with Gasteiger partial charge in [-0.1, -0.05) is 20.8 Å². The number of methoxy groups -OCH3 is 1. The van der Waals surface area contributed by atoms with Crippen LogP contribution in [-0.4, -0.2) is 37.9 Å². The average Bonchev–Trinajstić information content (AvgIpc) is 3.14. The summed E-state index contributed by atoms with van der Waals surface area (Å²) in [7, 11) is 1.45. The van der Waals surface area contributed by atoms with Crippen LogP contribution in [0.15, 0.2) is 0 Å². The van der Waals surface area contributed by atoms with E-state index in [0.717, 1.165) is 19.3 Å². The van der Waals surface area contributed by atoms with Crippen molar-refractivity contribution >= 4 is 5.97 Å². The summed E-state index contributed by atoms with van der Waals surface area (Å²) in [5.41, 5.74) is -0.417. The molecule has 1 aliphatic carbocycles. The van der Waals surface area contributed by atoms with Crippen LogP contribution in [0.4, 0.5) is 0 Å². The molecule has 0 radical (unpaired) electrons. The molecule has 0 aliphatic heterocycles. The Balaban J connectivity index is 2.64. The SMILES string of the molecule is COC(=O)C(COCCC(C)(C)C)(NC(C)C)C1CC1. The molecule has 0 aromatic heterocycles. The van der Waals surface area contributed by atoms with Crippen LogP contribution >= 0.6 is 0 Å². The zero-order chi connectivity index (χ0) is 15.4. The summed E-state index contributed by atoms with van der Waals surface area (Å²) in [4.78, 5) is 12.3. The highest BCUT2D eigenvalue weighted by atomic mass is 16.5. The fourth-order valence-electron chi connectivity index (χ4n) is 2.45. The first kappa shape index (κ1) is 17.4. The molecule has 0 aromatic carbocycles. The van der Waals surface area contributed by atoms with Crippen LogP contribution in [0.25, 0.3) is 0 Å². The quantitative estimate of drug-likeness (QED) is 0.550. The van der Waals surface area contributed by atoms with E-state index in [1.807, 2.05) is 0 Å². The number of ether oxygens (including phenoxy) is 2. The Hall–Kier alpha value is -0.610. The number of hydrogen-bond acceptors (Lipinski definition) is 4. The fourth-order valence-corrected chi connectivity index (χ4v) is 2.45. The highest BCUT2D eigenvalue weighted by Gasteiger charge is 2.52. The van der Waals surface area contributed by atoms with Gasteiger partial charge in [0.2, 0.25) is 0 Å². The van der Waals surface area contributed by atoms with Gasteiger partial charge < -0.3 is 9.47 Å². The van der Waals surface area contributed by atoms with Crippen LogP contribution < -0.4 is 5.32 Å². The molecule has 0 amide bonds. The summed E-state index contributed by atoms with van der Waals surface area (Å²) in [5, 5.41) is 3.40. The van der Waals surface area contributed by atoms with Crippen molar-refractivity contribution in [3.63, 3.8) is 0 Å². The van der Waals surface area contributed by atoms with Crippen LogP contribution in [0.3, 0.4) is 0 Å². The number of hydrogen-bond donors (Lipinski definition) is 1. The third-order valence-corrected chi connectivity index (χ3v) is 3.70. The van der Waals surface area contributed by atoms with Crippen molar-refractivity contribution in [2.24, 2.45) is 11.3 Å². The molecule has 4 nitrogen and oxygen atoms in total. The van der Waals surface area contributed by atoms with E-state index in [1.54, 1.807) is 0 Å². The number of carbonyl (C=O) groups is 1. The minimum absolute atomic E-state index is 0.190. The van der Waals surface area contributed by atoms with E-state index in [9.17, 15) is 4.79 Å². The maximum Gasteiger partial charge on any atom is 0.328 e. The van der Waals surface area contributed by atoms with Gasteiger partial charge in [0, 0.05) is 12.6 Å². The van der Waals surface area contributed by atoms with Crippen LogP contribution in [0, 0.1) is 11.3 Å². The lowest BCUT2D eigenvalue weighted by atomic mass is 9.92. The number of carbonyl (C=O) groups excluding carboxylic acids is 1. The highest BCUT2D eigenvalue weighted by Crippen LogP contribution is 2.41. The Morgan fingerprint density at radius 3 is 2.30 bits per heavy atom. The normalized spacial score (nSPS) is 18.9. The monoisotopic (exact) mass is 285 g/mol. The lowest BCUT2D eigenvalue weighted by Gasteiger charge is -2.34. The van der Waals surface area contributed by atoms with Crippen molar-refractivity contribution in [2.45, 2.75) is 65.5 Å². The van der Waals surface area contributed by atoms with Gasteiger partial charge in [0.15, 0.2) is 0 Å². The van der Waals surface area contributed by atoms with E-state index < -0.39 is 5.54 Å². The standard InChI is InChI=1S/C16H31NO3/c1-12(2)17-16(13-7-8-13,14(18)19-6)11-20-10-9-15(3,4)5/h12-13,17H,7-11H2,1-6H3. The van der Waals surface area contributed by atoms with Crippen LogP contribution in [-0.2, 0) is 14.3 Å². The van der Waals surface area contributed by atoms with Crippen molar-refractivity contribution in [2.75, 3.05) is 20.3 Å². The molecule has 0 spiro atoms. The molecule has 4 heteroatoms. The second-order valence-electron chi connectivity index (χ2n) is 7.40. The first-order valence-electron chi connectivity index (χ1n) is 7.65. The molecule has 1 fully saturated rings. The van der Waals surface area contributed by atoms with Crippen LogP contribution in [0.5, 0.6) is 0 Å². The first-order valence-corrected chi connectivity index (χ1v) is 7.65. The van der Waals surface area contributed by atoms with Crippen molar-refractivity contribution in [1.82, 2.24) is 5.32 Å². The molecular formula is C16H31NO3. The largest absolute Gasteiger partial charge is 0.468 e. The van der Waals surface area contributed by atoms with E-state index >= 15 is 0 Å². The Labute approximate surface area is 123 Å². The molecule has 0 bridgehead atoms. The maximum atomic E-state index is 12.3. The molecule has 20 heavy (non-hydrogen) atoms. The van der Waals surface area contributed by atoms with Gasteiger partial charge in [-0.3, -0.25) is 5.32 Å². The molecule has 1 atom stereocenters. The van der Waals surface area contributed by atoms with Gasteiger partial charge in [0.05, 0.1) is 13.7 Å². The molecule has 1 rings (SSSR count). The molecule has 0 aromatic rings. The number of nitrogens with one attached hydrogen (secondary N) is 1. The molecule has 0 heterocycles. The van der Waals surface area contributed by atoms with E-state index in [4.69, 9.17) is 9.47 Å². The topological polar surface area (TPSA) is 47.6 Å². The number of esters is 1. The zero-order valence-electron chi connectivity index (χ0n) is 13.9. The van der Waals surface area contributed by atoms with E-state index in [-0.39, 0.29) is 17.4 Å². The van der Waals surface area contributed by atoms with Gasteiger partial charge in [0.1, 0.15) is 5.54 Å². The summed E-state index contributed by atoms with van der Waals surface area (Å²) in [5.74, 6) is 0.149. The predicted molar refractivity (Wildman–Crippen MR) is 80.6 cm³/mol. The van der Waals surface area contributed by atoms with Gasteiger partial charge in [-0.2, -0.15) is 0 Å². The summed E-state index contributed by atoms with van der Waals surface area (Å²) in [6.07, 6.45) is 3.12. The predicted octanol–water partition coefficient (Wildman–Crippen LogP) is 2.76. The summed E-state index contributed by atoms with van der Waals surface area (Å²) in [6, 6.07) is 0.223. The number of rotatable bonds is 8. The molecule has 0 saturated heterocycles. The molecule has 118 valence electrons. The fraction of sp³-hybridized carbons (Fsp3) is 0.938. The van der Waals surface area contributed by atoms with Crippen LogP contribution in [0.1, 0.15) is 53.9 Å². The maximum absolute atomic E-state index is 12.3. The average molecular weight is 285 g/mol. The van der Waals surface area contributed by atoms with Gasteiger partial charge in [-0.25, -0.2) is 4.79 Å². The van der Waals surface area contributed by atoms with Crippen molar-refractivity contribution in [1.29, 1.82) is 0 Å². The summed E-state index contributed by atoms with van der Waals surface area (Å²) < 4.78 is 10.9. The van der Waals surface area contributed by atoms with Gasteiger partial charge >= 0.3 is 5.97 Å². The smallest absolute Gasteiger partial charge is 0.328 e. The van der Waals surface area contributed by atoms with Gasteiger partial charge in [-0.05, 0) is 44.4 Å². The van der Waals surface area contributed by atoms with Crippen molar-refractivity contribution in [3.05, 3.63) is 0 Å². The second kappa shape index (κ2) is 6.90. The van der Waals surface area contributed by atoms with E-state index in [0.29, 0.717) is 19.1 Å². The van der Waals surface area contributed by atoms with E-state index in [2.05, 4.69) is 39.9 Å². The Kier molecular flexibility index (Phi) is 6.02.